The number of nitrogens with zero attached hydrogens (tertiary/aromatic N) is 3. The van der Waals surface area contributed by atoms with Gasteiger partial charge in [-0.1, -0.05) is 42.5 Å². The summed E-state index contributed by atoms with van der Waals surface area (Å²) in [5.74, 6) is 0.886. The van der Waals surface area contributed by atoms with E-state index in [1.54, 1.807) is 6.20 Å². The lowest BCUT2D eigenvalue weighted by Crippen LogP contribution is -2.01. The first-order chi connectivity index (χ1) is 13.2. The highest BCUT2D eigenvalue weighted by molar-refractivity contribution is 5.94. The van der Waals surface area contributed by atoms with Crippen LogP contribution in [0.4, 0.5) is 0 Å². The Kier molecular flexibility index (Phi) is 4.32. The van der Waals surface area contributed by atoms with E-state index in [1.807, 2.05) is 42.5 Å². The van der Waals surface area contributed by atoms with Gasteiger partial charge < -0.3 is 4.57 Å². The number of hydrogen-bond donors (Lipinski definition) is 0. The van der Waals surface area contributed by atoms with E-state index in [1.165, 1.54) is 5.39 Å². The number of allylic oxidation sites excluding steroid dienone is 1. The molecule has 2 aromatic heterocycles. The maximum Gasteiger partial charge on any atom is 0.136 e. The van der Waals surface area contributed by atoms with E-state index in [0.29, 0.717) is 5.57 Å². The van der Waals surface area contributed by atoms with E-state index in [-0.39, 0.29) is 0 Å². The van der Waals surface area contributed by atoms with E-state index >= 15 is 0 Å². The van der Waals surface area contributed by atoms with Gasteiger partial charge in [0.05, 0.1) is 11.6 Å². The minimum Gasteiger partial charge on any atom is -0.303 e. The van der Waals surface area contributed by atoms with Crippen molar-refractivity contribution in [1.82, 2.24) is 9.55 Å². The number of aryl methyl sites for hydroxylation is 1. The second-order valence-corrected chi connectivity index (χ2v) is 6.58. The molecule has 4 aromatic rings. The zero-order valence-electron chi connectivity index (χ0n) is 15.3. The first-order valence-corrected chi connectivity index (χ1v) is 8.88. The Morgan fingerprint density at radius 1 is 0.963 bits per heavy atom. The predicted molar refractivity (Wildman–Crippen MR) is 110 cm³/mol. The SMILES string of the molecule is Cc1cc(/C=C(/C#N)c2ccc3ccccc3c2)c(C)n1-c1ccccn1. The molecule has 0 bridgehead atoms. The third-order valence-electron chi connectivity index (χ3n) is 4.83. The lowest BCUT2D eigenvalue weighted by molar-refractivity contribution is 0.921. The first-order valence-electron chi connectivity index (χ1n) is 8.88. The normalized spacial score (nSPS) is 11.5. The fourth-order valence-corrected chi connectivity index (χ4v) is 3.46. The molecule has 0 aliphatic heterocycles. The number of benzene rings is 2. The molecule has 0 amide bonds. The van der Waals surface area contributed by atoms with Crippen molar-refractivity contribution in [3.63, 3.8) is 0 Å². The largest absolute Gasteiger partial charge is 0.303 e. The molecule has 0 radical (unpaired) electrons. The molecule has 0 saturated heterocycles. The molecular weight excluding hydrogens is 330 g/mol. The summed E-state index contributed by atoms with van der Waals surface area (Å²) in [6.07, 6.45) is 3.76. The van der Waals surface area contributed by atoms with Gasteiger partial charge in [-0.2, -0.15) is 5.26 Å². The second-order valence-electron chi connectivity index (χ2n) is 6.58. The number of fused-ring (bicyclic) bond motifs is 1. The van der Waals surface area contributed by atoms with Gasteiger partial charge in [-0.3, -0.25) is 0 Å². The Morgan fingerprint density at radius 3 is 2.48 bits per heavy atom. The molecule has 3 nitrogen and oxygen atoms in total. The van der Waals surface area contributed by atoms with Gasteiger partial charge in [-0.05, 0) is 66.1 Å². The molecule has 4 rings (SSSR count). The molecular formula is C24H19N3. The van der Waals surface area contributed by atoms with Crippen LogP contribution in [0, 0.1) is 25.2 Å². The Balaban J connectivity index is 1.80. The van der Waals surface area contributed by atoms with Crippen LogP contribution in [0.3, 0.4) is 0 Å². The molecule has 0 aliphatic rings. The third-order valence-corrected chi connectivity index (χ3v) is 4.83. The fourth-order valence-electron chi connectivity index (χ4n) is 3.46. The highest BCUT2D eigenvalue weighted by Gasteiger charge is 2.11. The van der Waals surface area contributed by atoms with Gasteiger partial charge in [0, 0.05) is 17.6 Å². The standard InChI is InChI=1S/C24H19N3/c1-17-13-22(18(2)27(17)24-9-5-6-12-26-24)15-23(16-25)21-11-10-19-7-3-4-8-20(19)14-21/h3-15H,1-2H3/b23-15-. The van der Waals surface area contributed by atoms with Crippen LogP contribution in [0.1, 0.15) is 22.5 Å². The molecule has 3 heteroatoms. The zero-order valence-corrected chi connectivity index (χ0v) is 15.3. The molecule has 27 heavy (non-hydrogen) atoms. The fraction of sp³-hybridized carbons (Fsp3) is 0.0833. The molecule has 0 aliphatic carbocycles. The van der Waals surface area contributed by atoms with Gasteiger partial charge in [-0.15, -0.1) is 0 Å². The average molecular weight is 349 g/mol. The van der Waals surface area contributed by atoms with Gasteiger partial charge in [0.2, 0.25) is 0 Å². The Hall–Kier alpha value is -3.64. The number of hydrogen-bond acceptors (Lipinski definition) is 2. The Morgan fingerprint density at radius 2 is 1.74 bits per heavy atom. The van der Waals surface area contributed by atoms with E-state index in [9.17, 15) is 5.26 Å². The summed E-state index contributed by atoms with van der Waals surface area (Å²) in [4.78, 5) is 4.45. The van der Waals surface area contributed by atoms with E-state index in [4.69, 9.17) is 0 Å². The van der Waals surface area contributed by atoms with E-state index in [2.05, 4.69) is 59.8 Å². The second kappa shape index (κ2) is 6.93. The van der Waals surface area contributed by atoms with Crippen LogP contribution in [0.25, 0.3) is 28.2 Å². The van der Waals surface area contributed by atoms with Crippen LogP contribution in [0.2, 0.25) is 0 Å². The van der Waals surface area contributed by atoms with Crippen LogP contribution in [-0.4, -0.2) is 9.55 Å². The topological polar surface area (TPSA) is 41.6 Å². The van der Waals surface area contributed by atoms with Crippen molar-refractivity contribution in [2.45, 2.75) is 13.8 Å². The number of rotatable bonds is 3. The lowest BCUT2D eigenvalue weighted by Gasteiger charge is -2.08. The molecule has 130 valence electrons. The molecule has 0 saturated carbocycles. The number of pyridine rings is 1. The summed E-state index contributed by atoms with van der Waals surface area (Å²) >= 11 is 0. The summed E-state index contributed by atoms with van der Waals surface area (Å²) < 4.78 is 2.11. The van der Waals surface area contributed by atoms with Gasteiger partial charge in [0.15, 0.2) is 0 Å². The summed E-state index contributed by atoms with van der Waals surface area (Å²) in [6, 6.07) is 24.7. The lowest BCUT2D eigenvalue weighted by atomic mass is 10.0. The van der Waals surface area contributed by atoms with Crippen molar-refractivity contribution < 1.29 is 0 Å². The zero-order chi connectivity index (χ0) is 18.8. The monoisotopic (exact) mass is 349 g/mol. The van der Waals surface area contributed by atoms with Crippen LogP contribution >= 0.6 is 0 Å². The van der Waals surface area contributed by atoms with Crippen molar-refractivity contribution in [2.24, 2.45) is 0 Å². The molecule has 0 unspecified atom stereocenters. The van der Waals surface area contributed by atoms with Crippen molar-refractivity contribution in [3.05, 3.63) is 95.4 Å². The molecule has 0 spiro atoms. The highest BCUT2D eigenvalue weighted by atomic mass is 15.1. The van der Waals surface area contributed by atoms with Crippen LogP contribution in [0.5, 0.6) is 0 Å². The van der Waals surface area contributed by atoms with E-state index < -0.39 is 0 Å². The van der Waals surface area contributed by atoms with Crippen LogP contribution in [0.15, 0.2) is 72.9 Å². The summed E-state index contributed by atoms with van der Waals surface area (Å²) in [6.45, 7) is 4.12. The maximum absolute atomic E-state index is 9.76. The summed E-state index contributed by atoms with van der Waals surface area (Å²) in [5.41, 5.74) is 4.77. The number of aromatic nitrogens is 2. The van der Waals surface area contributed by atoms with Crippen molar-refractivity contribution in [2.75, 3.05) is 0 Å². The smallest absolute Gasteiger partial charge is 0.136 e. The maximum atomic E-state index is 9.76. The number of nitriles is 1. The molecule has 0 atom stereocenters. The van der Waals surface area contributed by atoms with Crippen molar-refractivity contribution in [3.8, 4) is 11.9 Å². The van der Waals surface area contributed by atoms with Crippen molar-refractivity contribution in [1.29, 1.82) is 5.26 Å². The van der Waals surface area contributed by atoms with Gasteiger partial charge in [0.1, 0.15) is 5.82 Å². The summed E-state index contributed by atoms with van der Waals surface area (Å²) in [5, 5.41) is 12.1. The van der Waals surface area contributed by atoms with Crippen LogP contribution < -0.4 is 0 Å². The minimum atomic E-state index is 0.655. The molecule has 0 fully saturated rings. The quantitative estimate of drug-likeness (QED) is 0.445. The van der Waals surface area contributed by atoms with Gasteiger partial charge in [-0.25, -0.2) is 4.98 Å². The molecule has 2 heterocycles. The Bertz CT molecular complexity index is 1190. The Labute approximate surface area is 158 Å². The molecule has 0 N–H and O–H groups in total. The van der Waals surface area contributed by atoms with Gasteiger partial charge >= 0.3 is 0 Å². The third kappa shape index (κ3) is 3.14. The molecule has 2 aromatic carbocycles. The first kappa shape index (κ1) is 16.8. The predicted octanol–water partition coefficient (Wildman–Crippen LogP) is 5.71. The minimum absolute atomic E-state index is 0.655. The highest BCUT2D eigenvalue weighted by Crippen LogP contribution is 2.26. The average Bonchev–Trinajstić information content (AvgIpc) is 2.99. The van der Waals surface area contributed by atoms with E-state index in [0.717, 1.165) is 33.7 Å². The van der Waals surface area contributed by atoms with Crippen molar-refractivity contribution >= 4 is 22.4 Å². The van der Waals surface area contributed by atoms with Gasteiger partial charge in [0.25, 0.3) is 0 Å². The van der Waals surface area contributed by atoms with Crippen LogP contribution in [-0.2, 0) is 0 Å². The summed E-state index contributed by atoms with van der Waals surface area (Å²) in [7, 11) is 0.